The van der Waals surface area contributed by atoms with E-state index in [2.05, 4.69) is 19.2 Å². The number of amides is 2. The predicted octanol–water partition coefficient (Wildman–Crippen LogP) is 2.08. The van der Waals surface area contributed by atoms with Gasteiger partial charge in [-0.3, -0.25) is 0 Å². The molecule has 0 rings (SSSR count). The fraction of sp³-hybridized carbons (Fsp3) is 0.900. The third-order valence-corrected chi connectivity index (χ3v) is 2.23. The van der Waals surface area contributed by atoms with E-state index in [0.29, 0.717) is 12.5 Å². The van der Waals surface area contributed by atoms with Crippen LogP contribution < -0.4 is 5.32 Å². The van der Waals surface area contributed by atoms with E-state index >= 15 is 0 Å². The molecule has 0 aliphatic heterocycles. The zero-order chi connectivity index (χ0) is 10.3. The normalized spacial score (nSPS) is 12.3. The van der Waals surface area contributed by atoms with Gasteiger partial charge >= 0.3 is 6.03 Å². The molecule has 2 amide bonds. The molecular weight excluding hydrogens is 164 g/mol. The molecule has 1 atom stereocenters. The van der Waals surface area contributed by atoms with Crippen LogP contribution in [0, 0.1) is 5.92 Å². The first-order valence-electron chi connectivity index (χ1n) is 5.18. The maximum absolute atomic E-state index is 11.4. The van der Waals surface area contributed by atoms with Gasteiger partial charge in [0.1, 0.15) is 0 Å². The van der Waals surface area contributed by atoms with Crippen LogP contribution in [-0.4, -0.2) is 30.6 Å². The number of nitrogens with zero attached hydrogens (tertiary/aromatic N) is 1. The summed E-state index contributed by atoms with van der Waals surface area (Å²) in [6.45, 7) is 10.6. The van der Waals surface area contributed by atoms with Crippen LogP contribution in [-0.2, 0) is 0 Å². The van der Waals surface area contributed by atoms with Gasteiger partial charge in [0.15, 0.2) is 0 Å². The van der Waals surface area contributed by atoms with Crippen LogP contribution in [0.15, 0.2) is 0 Å². The molecule has 13 heavy (non-hydrogen) atoms. The molecule has 3 heteroatoms. The van der Waals surface area contributed by atoms with Gasteiger partial charge in [0.2, 0.25) is 0 Å². The fourth-order valence-electron chi connectivity index (χ4n) is 1.12. The van der Waals surface area contributed by atoms with Crippen molar-refractivity contribution in [2.75, 3.05) is 19.6 Å². The Bertz CT molecular complexity index is 148. The molecule has 0 aliphatic rings. The first kappa shape index (κ1) is 12.3. The number of rotatable bonds is 5. The molecule has 0 bridgehead atoms. The van der Waals surface area contributed by atoms with Gasteiger partial charge in [-0.05, 0) is 19.8 Å². The molecule has 0 saturated heterocycles. The van der Waals surface area contributed by atoms with E-state index in [1.165, 1.54) is 0 Å². The molecule has 3 nitrogen and oxygen atoms in total. The second kappa shape index (κ2) is 6.75. The van der Waals surface area contributed by atoms with Crippen LogP contribution in [0.5, 0.6) is 0 Å². The van der Waals surface area contributed by atoms with Crippen molar-refractivity contribution in [1.29, 1.82) is 0 Å². The SMILES string of the molecule is CCNC(=O)N(CC)CC(C)CC. The summed E-state index contributed by atoms with van der Waals surface area (Å²) in [6.07, 6.45) is 1.12. The number of hydrogen-bond donors (Lipinski definition) is 1. The second-order valence-corrected chi connectivity index (χ2v) is 3.39. The number of hydrogen-bond acceptors (Lipinski definition) is 1. The Morgan fingerprint density at radius 3 is 2.38 bits per heavy atom. The first-order chi connectivity index (χ1) is 6.15. The predicted molar refractivity (Wildman–Crippen MR) is 55.8 cm³/mol. The molecular formula is C10H22N2O. The number of urea groups is 1. The van der Waals surface area contributed by atoms with Crippen molar-refractivity contribution in [1.82, 2.24) is 10.2 Å². The summed E-state index contributed by atoms with van der Waals surface area (Å²) >= 11 is 0. The minimum atomic E-state index is 0.0605. The quantitative estimate of drug-likeness (QED) is 0.700. The van der Waals surface area contributed by atoms with Gasteiger partial charge in [-0.1, -0.05) is 20.3 Å². The fourth-order valence-corrected chi connectivity index (χ4v) is 1.12. The minimum absolute atomic E-state index is 0.0605. The van der Waals surface area contributed by atoms with Crippen molar-refractivity contribution >= 4 is 6.03 Å². The van der Waals surface area contributed by atoms with E-state index in [0.717, 1.165) is 19.5 Å². The van der Waals surface area contributed by atoms with Crippen molar-refractivity contribution < 1.29 is 4.79 Å². The van der Waals surface area contributed by atoms with Crippen molar-refractivity contribution in [3.8, 4) is 0 Å². The van der Waals surface area contributed by atoms with E-state index in [4.69, 9.17) is 0 Å². The molecule has 0 aromatic carbocycles. The molecule has 0 spiro atoms. The average molecular weight is 186 g/mol. The zero-order valence-electron chi connectivity index (χ0n) is 9.26. The highest BCUT2D eigenvalue weighted by atomic mass is 16.2. The Labute approximate surface area is 81.5 Å². The van der Waals surface area contributed by atoms with Crippen LogP contribution in [0.4, 0.5) is 4.79 Å². The third-order valence-electron chi connectivity index (χ3n) is 2.23. The van der Waals surface area contributed by atoms with Gasteiger partial charge < -0.3 is 10.2 Å². The topological polar surface area (TPSA) is 32.3 Å². The molecule has 0 saturated carbocycles. The summed E-state index contributed by atoms with van der Waals surface area (Å²) in [7, 11) is 0. The highest BCUT2D eigenvalue weighted by Crippen LogP contribution is 2.03. The lowest BCUT2D eigenvalue weighted by atomic mass is 10.1. The Hall–Kier alpha value is -0.730. The highest BCUT2D eigenvalue weighted by molar-refractivity contribution is 5.74. The standard InChI is InChI=1S/C10H22N2O/c1-5-9(4)8-12(7-3)10(13)11-6-2/h9H,5-8H2,1-4H3,(H,11,13). The summed E-state index contributed by atoms with van der Waals surface area (Å²) < 4.78 is 0. The van der Waals surface area contributed by atoms with Crippen LogP contribution in [0.3, 0.4) is 0 Å². The molecule has 0 radical (unpaired) electrons. The molecule has 1 unspecified atom stereocenters. The maximum Gasteiger partial charge on any atom is 0.317 e. The summed E-state index contributed by atoms with van der Waals surface area (Å²) in [5.74, 6) is 0.586. The van der Waals surface area contributed by atoms with Gasteiger partial charge in [0.25, 0.3) is 0 Å². The Balaban J connectivity index is 3.94. The van der Waals surface area contributed by atoms with Gasteiger partial charge in [-0.2, -0.15) is 0 Å². The van der Waals surface area contributed by atoms with Crippen molar-refractivity contribution in [2.45, 2.75) is 34.1 Å². The smallest absolute Gasteiger partial charge is 0.317 e. The van der Waals surface area contributed by atoms with Gasteiger partial charge in [-0.15, -0.1) is 0 Å². The molecule has 0 fully saturated rings. The Morgan fingerprint density at radius 1 is 1.38 bits per heavy atom. The van der Waals surface area contributed by atoms with Crippen LogP contribution in [0.2, 0.25) is 0 Å². The van der Waals surface area contributed by atoms with E-state index in [1.54, 1.807) is 0 Å². The van der Waals surface area contributed by atoms with Gasteiger partial charge in [0.05, 0.1) is 0 Å². The summed E-state index contributed by atoms with van der Waals surface area (Å²) in [6, 6.07) is 0.0605. The van der Waals surface area contributed by atoms with Crippen LogP contribution in [0.25, 0.3) is 0 Å². The molecule has 1 N–H and O–H groups in total. The monoisotopic (exact) mass is 186 g/mol. The van der Waals surface area contributed by atoms with Gasteiger partial charge in [0, 0.05) is 19.6 Å². The molecule has 0 aromatic heterocycles. The molecule has 78 valence electrons. The van der Waals surface area contributed by atoms with Crippen molar-refractivity contribution in [3.05, 3.63) is 0 Å². The summed E-state index contributed by atoms with van der Waals surface area (Å²) in [5.41, 5.74) is 0. The van der Waals surface area contributed by atoms with Crippen LogP contribution in [0.1, 0.15) is 34.1 Å². The Morgan fingerprint density at radius 2 is 2.00 bits per heavy atom. The third kappa shape index (κ3) is 4.76. The highest BCUT2D eigenvalue weighted by Gasteiger charge is 2.12. The number of nitrogens with one attached hydrogen (secondary N) is 1. The van der Waals surface area contributed by atoms with E-state index in [-0.39, 0.29) is 6.03 Å². The summed E-state index contributed by atoms with van der Waals surface area (Å²) in [4.78, 5) is 13.3. The molecule has 0 aromatic rings. The van der Waals surface area contributed by atoms with Crippen LogP contribution >= 0.6 is 0 Å². The van der Waals surface area contributed by atoms with E-state index in [1.807, 2.05) is 18.7 Å². The molecule has 0 heterocycles. The zero-order valence-corrected chi connectivity index (χ0v) is 9.26. The lowest BCUT2D eigenvalue weighted by Gasteiger charge is -2.23. The lowest BCUT2D eigenvalue weighted by Crippen LogP contribution is -2.41. The lowest BCUT2D eigenvalue weighted by molar-refractivity contribution is 0.192. The van der Waals surface area contributed by atoms with E-state index < -0.39 is 0 Å². The van der Waals surface area contributed by atoms with Crippen molar-refractivity contribution in [3.63, 3.8) is 0 Å². The first-order valence-corrected chi connectivity index (χ1v) is 5.18. The number of carbonyl (C=O) groups is 1. The number of carbonyl (C=O) groups excluding carboxylic acids is 1. The maximum atomic E-state index is 11.4. The minimum Gasteiger partial charge on any atom is -0.338 e. The summed E-state index contributed by atoms with van der Waals surface area (Å²) in [5, 5.41) is 2.81. The largest absolute Gasteiger partial charge is 0.338 e. The molecule has 0 aliphatic carbocycles. The average Bonchev–Trinajstić information content (AvgIpc) is 2.14. The second-order valence-electron chi connectivity index (χ2n) is 3.39. The van der Waals surface area contributed by atoms with Crippen molar-refractivity contribution in [2.24, 2.45) is 5.92 Å². The van der Waals surface area contributed by atoms with Gasteiger partial charge in [-0.25, -0.2) is 4.79 Å². The Kier molecular flexibility index (Phi) is 6.37. The van der Waals surface area contributed by atoms with E-state index in [9.17, 15) is 4.79 Å².